The topological polar surface area (TPSA) is 101 Å². The number of hydrogen-bond donors (Lipinski definition) is 3. The molecule has 6 nitrogen and oxygen atoms in total. The number of amidine groups is 2. The van der Waals surface area contributed by atoms with Crippen LogP contribution in [0.25, 0.3) is 0 Å². The molecule has 0 saturated carbocycles. The summed E-state index contributed by atoms with van der Waals surface area (Å²) >= 11 is 3.35. The van der Waals surface area contributed by atoms with Gasteiger partial charge in [-0.15, -0.1) is 10.2 Å². The Kier molecular flexibility index (Phi) is 2.86. The number of benzene rings is 1. The van der Waals surface area contributed by atoms with E-state index in [0.717, 1.165) is 10.2 Å². The van der Waals surface area contributed by atoms with Crippen molar-refractivity contribution in [2.45, 2.75) is 0 Å². The summed E-state index contributed by atoms with van der Waals surface area (Å²) in [6.45, 7) is 0. The van der Waals surface area contributed by atoms with Crippen molar-refractivity contribution < 1.29 is 0 Å². The lowest BCUT2D eigenvalue weighted by atomic mass is 10.3. The van der Waals surface area contributed by atoms with E-state index in [2.05, 4.69) is 36.7 Å². The Morgan fingerprint density at radius 3 is 2.50 bits per heavy atom. The quantitative estimate of drug-likeness (QED) is 0.701. The second-order valence-electron chi connectivity index (χ2n) is 3.05. The second-order valence-corrected chi connectivity index (χ2v) is 3.97. The Morgan fingerprint density at radius 1 is 1.19 bits per heavy atom. The summed E-state index contributed by atoms with van der Waals surface area (Å²) < 4.78 is 0.951. The number of hydrazone groups is 1. The first kappa shape index (κ1) is 10.6. The molecule has 0 radical (unpaired) electrons. The molecule has 0 fully saturated rings. The highest BCUT2D eigenvalue weighted by Crippen LogP contribution is 2.15. The lowest BCUT2D eigenvalue weighted by Crippen LogP contribution is -2.32. The van der Waals surface area contributed by atoms with Crippen molar-refractivity contribution >= 4 is 39.0 Å². The van der Waals surface area contributed by atoms with Gasteiger partial charge in [0.2, 0.25) is 0 Å². The maximum Gasteiger partial charge on any atom is 0.177 e. The molecule has 2 rings (SSSR count). The molecule has 0 saturated heterocycles. The number of nitrogens with one attached hydrogen (secondary N) is 1. The van der Waals surface area contributed by atoms with Crippen LogP contribution in [0.4, 0.5) is 5.69 Å². The molecule has 0 amide bonds. The van der Waals surface area contributed by atoms with Gasteiger partial charge in [0, 0.05) is 4.47 Å². The van der Waals surface area contributed by atoms with Crippen molar-refractivity contribution in [2.75, 3.05) is 5.43 Å². The Labute approximate surface area is 100 Å². The molecular formula is C9H9BrN6. The van der Waals surface area contributed by atoms with E-state index in [1.807, 2.05) is 24.3 Å². The summed E-state index contributed by atoms with van der Waals surface area (Å²) in [5.41, 5.74) is 15.1. The van der Waals surface area contributed by atoms with Gasteiger partial charge in [0.25, 0.3) is 0 Å². The predicted octanol–water partition coefficient (Wildman–Crippen LogP) is 0.860. The molecule has 1 aromatic rings. The first-order valence-electron chi connectivity index (χ1n) is 4.43. The lowest BCUT2D eigenvalue weighted by molar-refractivity contribution is 1.25. The van der Waals surface area contributed by atoms with Crippen LogP contribution in [0.1, 0.15) is 0 Å². The van der Waals surface area contributed by atoms with Crippen molar-refractivity contribution in [2.24, 2.45) is 26.8 Å². The zero-order valence-electron chi connectivity index (χ0n) is 8.18. The Morgan fingerprint density at radius 2 is 1.88 bits per heavy atom. The second kappa shape index (κ2) is 4.31. The molecule has 1 aliphatic heterocycles. The standard InChI is InChI=1S/C9H9BrN6/c10-5-2-1-3-6(4-5)13-14-7-8(11)15-16-9(7)12/h1-4,13H,(H4,11,12,14,15,16). The van der Waals surface area contributed by atoms with Gasteiger partial charge in [0.1, 0.15) is 0 Å². The van der Waals surface area contributed by atoms with E-state index in [-0.39, 0.29) is 11.7 Å². The maximum atomic E-state index is 5.54. The van der Waals surface area contributed by atoms with E-state index >= 15 is 0 Å². The van der Waals surface area contributed by atoms with Gasteiger partial charge in [-0.3, -0.25) is 5.43 Å². The average Bonchev–Trinajstić information content (AvgIpc) is 2.56. The Bertz CT molecular complexity index is 484. The van der Waals surface area contributed by atoms with Gasteiger partial charge < -0.3 is 11.5 Å². The van der Waals surface area contributed by atoms with E-state index in [1.165, 1.54) is 0 Å². The van der Waals surface area contributed by atoms with Gasteiger partial charge in [-0.25, -0.2) is 0 Å². The molecule has 82 valence electrons. The number of nitrogens with zero attached hydrogens (tertiary/aromatic N) is 3. The zero-order valence-corrected chi connectivity index (χ0v) is 9.77. The molecule has 0 bridgehead atoms. The molecule has 5 N–H and O–H groups in total. The summed E-state index contributed by atoms with van der Waals surface area (Å²) in [6, 6.07) is 7.54. The largest absolute Gasteiger partial charge is 0.380 e. The van der Waals surface area contributed by atoms with Crippen LogP contribution in [0, 0.1) is 0 Å². The minimum atomic E-state index is 0.208. The summed E-state index contributed by atoms with van der Waals surface area (Å²) in [5, 5.41) is 11.2. The van der Waals surface area contributed by atoms with E-state index < -0.39 is 0 Å². The normalized spacial score (nSPS) is 14.4. The third-order valence-corrected chi connectivity index (χ3v) is 2.37. The number of nitrogens with two attached hydrogens (primary N) is 2. The Balaban J connectivity index is 2.15. The smallest absolute Gasteiger partial charge is 0.177 e. The molecule has 1 aromatic carbocycles. The van der Waals surface area contributed by atoms with Crippen LogP contribution >= 0.6 is 15.9 Å². The lowest BCUT2D eigenvalue weighted by Gasteiger charge is -2.02. The molecule has 0 unspecified atom stereocenters. The van der Waals surface area contributed by atoms with E-state index in [1.54, 1.807) is 0 Å². The van der Waals surface area contributed by atoms with Crippen LogP contribution in [-0.4, -0.2) is 17.4 Å². The number of anilines is 1. The molecule has 0 aromatic heterocycles. The average molecular weight is 281 g/mol. The maximum absolute atomic E-state index is 5.54. The predicted molar refractivity (Wildman–Crippen MR) is 68.4 cm³/mol. The van der Waals surface area contributed by atoms with Gasteiger partial charge in [-0.2, -0.15) is 5.10 Å². The van der Waals surface area contributed by atoms with Crippen LogP contribution in [0.3, 0.4) is 0 Å². The SMILES string of the molecule is NC1=NN=C(N)C1=NNc1cccc(Br)c1. The van der Waals surface area contributed by atoms with Crippen molar-refractivity contribution in [1.29, 1.82) is 0 Å². The number of rotatable bonds is 2. The summed E-state index contributed by atoms with van der Waals surface area (Å²) in [5.74, 6) is 0.417. The van der Waals surface area contributed by atoms with Crippen molar-refractivity contribution in [3.8, 4) is 0 Å². The van der Waals surface area contributed by atoms with Gasteiger partial charge in [0.05, 0.1) is 5.69 Å². The van der Waals surface area contributed by atoms with E-state index in [0.29, 0.717) is 5.71 Å². The van der Waals surface area contributed by atoms with E-state index in [4.69, 9.17) is 11.5 Å². The van der Waals surface area contributed by atoms with Crippen LogP contribution in [0.15, 0.2) is 44.0 Å². The monoisotopic (exact) mass is 280 g/mol. The molecule has 0 spiro atoms. The fraction of sp³-hybridized carbons (Fsp3) is 0. The minimum absolute atomic E-state index is 0.208. The minimum Gasteiger partial charge on any atom is -0.380 e. The molecular weight excluding hydrogens is 272 g/mol. The summed E-state index contributed by atoms with van der Waals surface area (Å²) in [7, 11) is 0. The Hall–Kier alpha value is -1.89. The highest BCUT2D eigenvalue weighted by atomic mass is 79.9. The molecule has 0 atom stereocenters. The van der Waals surface area contributed by atoms with Crippen molar-refractivity contribution in [3.63, 3.8) is 0 Å². The van der Waals surface area contributed by atoms with E-state index in [9.17, 15) is 0 Å². The molecule has 16 heavy (non-hydrogen) atoms. The highest BCUT2D eigenvalue weighted by molar-refractivity contribution is 9.10. The third-order valence-electron chi connectivity index (χ3n) is 1.87. The third kappa shape index (κ3) is 2.19. The van der Waals surface area contributed by atoms with Gasteiger partial charge in [-0.05, 0) is 18.2 Å². The number of halogens is 1. The fourth-order valence-electron chi connectivity index (χ4n) is 1.13. The molecule has 1 aliphatic rings. The molecule has 0 aliphatic carbocycles. The van der Waals surface area contributed by atoms with Crippen molar-refractivity contribution in [1.82, 2.24) is 0 Å². The summed E-state index contributed by atoms with van der Waals surface area (Å²) in [4.78, 5) is 0. The molecule has 1 heterocycles. The first-order valence-corrected chi connectivity index (χ1v) is 5.23. The first-order chi connectivity index (χ1) is 7.66. The van der Waals surface area contributed by atoms with Gasteiger partial charge >= 0.3 is 0 Å². The van der Waals surface area contributed by atoms with Gasteiger partial charge in [0.15, 0.2) is 17.4 Å². The van der Waals surface area contributed by atoms with Gasteiger partial charge in [-0.1, -0.05) is 22.0 Å². The fourth-order valence-corrected chi connectivity index (χ4v) is 1.53. The number of hydrogen-bond acceptors (Lipinski definition) is 6. The van der Waals surface area contributed by atoms with Crippen LogP contribution in [0.5, 0.6) is 0 Å². The van der Waals surface area contributed by atoms with Crippen molar-refractivity contribution in [3.05, 3.63) is 28.7 Å². The summed E-state index contributed by atoms with van der Waals surface area (Å²) in [6.07, 6.45) is 0. The van der Waals surface area contributed by atoms with Crippen LogP contribution < -0.4 is 16.9 Å². The van der Waals surface area contributed by atoms with Crippen LogP contribution in [0.2, 0.25) is 0 Å². The zero-order chi connectivity index (χ0) is 11.5. The highest BCUT2D eigenvalue weighted by Gasteiger charge is 2.16. The molecule has 7 heteroatoms. The van der Waals surface area contributed by atoms with Crippen LogP contribution in [-0.2, 0) is 0 Å².